The summed E-state index contributed by atoms with van der Waals surface area (Å²) in [6.07, 6.45) is 3.71. The molecule has 0 heterocycles. The Labute approximate surface area is 128 Å². The van der Waals surface area contributed by atoms with Gasteiger partial charge in [-0.2, -0.15) is 0 Å². The lowest BCUT2D eigenvalue weighted by atomic mass is 9.82. The zero-order valence-electron chi connectivity index (χ0n) is 14.0. The lowest BCUT2D eigenvalue weighted by molar-refractivity contribution is 0.00560. The highest BCUT2D eigenvalue weighted by Crippen LogP contribution is 2.30. The standard InChI is InChI=1S/C19H28O2/c1-12-6-13(2)8-17(7-12)21-11-19(20)18-10-15(4)14(3)9-16(18)5/h9-10,12-13,17H,6-8,11H2,1-5H3. The van der Waals surface area contributed by atoms with Gasteiger partial charge in [0, 0.05) is 5.56 Å². The second-order valence-electron chi connectivity index (χ2n) is 7.03. The molecule has 1 aliphatic carbocycles. The monoisotopic (exact) mass is 288 g/mol. The Morgan fingerprint density at radius 1 is 1.00 bits per heavy atom. The Morgan fingerprint density at radius 2 is 1.57 bits per heavy atom. The smallest absolute Gasteiger partial charge is 0.188 e. The van der Waals surface area contributed by atoms with E-state index in [1.807, 2.05) is 13.0 Å². The number of aryl methyl sites for hydroxylation is 3. The van der Waals surface area contributed by atoms with Crippen molar-refractivity contribution in [3.8, 4) is 0 Å². The largest absolute Gasteiger partial charge is 0.370 e. The minimum absolute atomic E-state index is 0.112. The van der Waals surface area contributed by atoms with Crippen LogP contribution in [0.2, 0.25) is 0 Å². The number of Topliss-reactive ketones (excluding diaryl/α,β-unsaturated/α-hetero) is 1. The van der Waals surface area contributed by atoms with E-state index in [1.54, 1.807) is 0 Å². The van der Waals surface area contributed by atoms with Crippen molar-refractivity contribution in [2.45, 2.75) is 60.0 Å². The second kappa shape index (κ2) is 6.74. The highest BCUT2D eigenvalue weighted by molar-refractivity contribution is 5.98. The molecule has 0 aliphatic heterocycles. The molecular formula is C19H28O2. The quantitative estimate of drug-likeness (QED) is 0.755. The summed E-state index contributed by atoms with van der Waals surface area (Å²) in [6, 6.07) is 4.09. The maximum Gasteiger partial charge on any atom is 0.188 e. The number of ether oxygens (including phenoxy) is 1. The Kier molecular flexibility index (Phi) is 5.21. The van der Waals surface area contributed by atoms with Crippen molar-refractivity contribution in [2.24, 2.45) is 11.8 Å². The van der Waals surface area contributed by atoms with Crippen LogP contribution in [0.5, 0.6) is 0 Å². The van der Waals surface area contributed by atoms with Gasteiger partial charge in [0.25, 0.3) is 0 Å². The van der Waals surface area contributed by atoms with Crippen molar-refractivity contribution >= 4 is 5.78 Å². The van der Waals surface area contributed by atoms with Crippen LogP contribution in [-0.4, -0.2) is 18.5 Å². The average molecular weight is 288 g/mol. The van der Waals surface area contributed by atoms with Gasteiger partial charge in [0.15, 0.2) is 5.78 Å². The van der Waals surface area contributed by atoms with Crippen molar-refractivity contribution in [2.75, 3.05) is 6.61 Å². The Balaban J connectivity index is 1.97. The molecule has 1 saturated carbocycles. The fraction of sp³-hybridized carbons (Fsp3) is 0.632. The van der Waals surface area contributed by atoms with Gasteiger partial charge in [-0.15, -0.1) is 0 Å². The first-order valence-corrected chi connectivity index (χ1v) is 8.09. The molecule has 1 aliphatic rings. The van der Waals surface area contributed by atoms with Gasteiger partial charge in [0.1, 0.15) is 6.61 Å². The van der Waals surface area contributed by atoms with Gasteiger partial charge in [-0.05, 0) is 74.6 Å². The van der Waals surface area contributed by atoms with Crippen LogP contribution >= 0.6 is 0 Å². The number of hydrogen-bond acceptors (Lipinski definition) is 2. The molecule has 0 radical (unpaired) electrons. The van der Waals surface area contributed by atoms with Gasteiger partial charge < -0.3 is 4.74 Å². The maximum atomic E-state index is 12.4. The van der Waals surface area contributed by atoms with Crippen LogP contribution in [0.15, 0.2) is 12.1 Å². The van der Waals surface area contributed by atoms with Gasteiger partial charge in [-0.1, -0.05) is 19.9 Å². The summed E-state index contributed by atoms with van der Waals surface area (Å²) >= 11 is 0. The van der Waals surface area contributed by atoms with E-state index in [1.165, 1.54) is 17.5 Å². The molecule has 0 N–H and O–H groups in total. The first kappa shape index (κ1) is 16.2. The molecule has 2 nitrogen and oxygen atoms in total. The van der Waals surface area contributed by atoms with Crippen LogP contribution in [0.3, 0.4) is 0 Å². The Bertz CT molecular complexity index is 509. The minimum atomic E-state index is 0.112. The van der Waals surface area contributed by atoms with Gasteiger partial charge in [-0.25, -0.2) is 0 Å². The van der Waals surface area contributed by atoms with Gasteiger partial charge in [0.05, 0.1) is 6.10 Å². The predicted octanol–water partition coefficient (Wildman–Crippen LogP) is 4.64. The van der Waals surface area contributed by atoms with Crippen LogP contribution < -0.4 is 0 Å². The summed E-state index contributed by atoms with van der Waals surface area (Å²) in [5.74, 6) is 1.52. The molecule has 0 bridgehead atoms. The fourth-order valence-corrected chi connectivity index (χ4v) is 3.54. The highest BCUT2D eigenvalue weighted by atomic mass is 16.5. The van der Waals surface area contributed by atoms with Crippen LogP contribution in [0, 0.1) is 32.6 Å². The highest BCUT2D eigenvalue weighted by Gasteiger charge is 2.25. The zero-order chi connectivity index (χ0) is 15.6. The van der Waals surface area contributed by atoms with Gasteiger partial charge in [-0.3, -0.25) is 4.79 Å². The summed E-state index contributed by atoms with van der Waals surface area (Å²) in [5.41, 5.74) is 4.27. The average Bonchev–Trinajstić information content (AvgIpc) is 2.39. The summed E-state index contributed by atoms with van der Waals surface area (Å²) in [7, 11) is 0. The molecule has 2 unspecified atom stereocenters. The van der Waals surface area contributed by atoms with Crippen molar-refractivity contribution in [1.29, 1.82) is 0 Å². The van der Waals surface area contributed by atoms with E-state index in [0.29, 0.717) is 11.8 Å². The summed E-state index contributed by atoms with van der Waals surface area (Å²) < 4.78 is 5.92. The van der Waals surface area contributed by atoms with E-state index in [-0.39, 0.29) is 18.5 Å². The predicted molar refractivity (Wildman–Crippen MR) is 86.9 cm³/mol. The van der Waals surface area contributed by atoms with E-state index in [4.69, 9.17) is 4.74 Å². The SMILES string of the molecule is Cc1cc(C)c(C(=O)COC2CC(C)CC(C)C2)cc1C. The lowest BCUT2D eigenvalue weighted by Gasteiger charge is -2.31. The van der Waals surface area contributed by atoms with E-state index < -0.39 is 0 Å². The Hall–Kier alpha value is -1.15. The molecule has 0 aromatic heterocycles. The summed E-state index contributed by atoms with van der Waals surface area (Å²) in [4.78, 5) is 12.4. The summed E-state index contributed by atoms with van der Waals surface area (Å²) in [6.45, 7) is 10.9. The molecular weight excluding hydrogens is 260 g/mol. The molecule has 2 atom stereocenters. The van der Waals surface area contributed by atoms with Crippen LogP contribution in [0.4, 0.5) is 0 Å². The fourth-order valence-electron chi connectivity index (χ4n) is 3.54. The second-order valence-corrected chi connectivity index (χ2v) is 7.03. The molecule has 1 aromatic rings. The van der Waals surface area contributed by atoms with Crippen molar-refractivity contribution < 1.29 is 9.53 Å². The molecule has 1 aromatic carbocycles. The number of ketones is 1. The minimum Gasteiger partial charge on any atom is -0.370 e. The van der Waals surface area contributed by atoms with E-state index in [9.17, 15) is 4.79 Å². The molecule has 0 saturated heterocycles. The number of hydrogen-bond donors (Lipinski definition) is 0. The maximum absolute atomic E-state index is 12.4. The first-order chi connectivity index (χ1) is 9.86. The van der Waals surface area contributed by atoms with Crippen molar-refractivity contribution in [3.63, 3.8) is 0 Å². The molecule has 0 spiro atoms. The molecule has 1 fully saturated rings. The van der Waals surface area contributed by atoms with E-state index in [2.05, 4.69) is 33.8 Å². The number of carbonyl (C=O) groups is 1. The van der Waals surface area contributed by atoms with E-state index >= 15 is 0 Å². The van der Waals surface area contributed by atoms with Crippen LogP contribution in [-0.2, 0) is 4.74 Å². The molecule has 21 heavy (non-hydrogen) atoms. The number of carbonyl (C=O) groups excluding carboxylic acids is 1. The third-order valence-corrected chi connectivity index (χ3v) is 4.73. The van der Waals surface area contributed by atoms with E-state index in [0.717, 1.165) is 24.0 Å². The third-order valence-electron chi connectivity index (χ3n) is 4.73. The Morgan fingerprint density at radius 3 is 2.19 bits per heavy atom. The number of benzene rings is 1. The van der Waals surface area contributed by atoms with Gasteiger partial charge >= 0.3 is 0 Å². The first-order valence-electron chi connectivity index (χ1n) is 8.09. The lowest BCUT2D eigenvalue weighted by Crippen LogP contribution is -2.28. The zero-order valence-corrected chi connectivity index (χ0v) is 14.0. The molecule has 2 heteroatoms. The number of rotatable bonds is 4. The molecule has 0 amide bonds. The van der Waals surface area contributed by atoms with Crippen molar-refractivity contribution in [3.05, 3.63) is 34.4 Å². The molecule has 2 rings (SSSR count). The normalized spacial score (nSPS) is 25.9. The van der Waals surface area contributed by atoms with Gasteiger partial charge in [0.2, 0.25) is 0 Å². The van der Waals surface area contributed by atoms with Crippen LogP contribution in [0.25, 0.3) is 0 Å². The third kappa shape index (κ3) is 4.16. The van der Waals surface area contributed by atoms with Crippen molar-refractivity contribution in [1.82, 2.24) is 0 Å². The summed E-state index contributed by atoms with van der Waals surface area (Å²) in [5, 5.41) is 0. The van der Waals surface area contributed by atoms with Crippen LogP contribution in [0.1, 0.15) is 60.2 Å². The topological polar surface area (TPSA) is 26.3 Å². The molecule has 116 valence electrons.